The van der Waals surface area contributed by atoms with Gasteiger partial charge in [0.2, 0.25) is 11.5 Å². The second-order valence-electron chi connectivity index (χ2n) is 3.68. The first-order valence-electron chi connectivity index (χ1n) is 5.20. The Hall–Kier alpha value is -1.21. The summed E-state index contributed by atoms with van der Waals surface area (Å²) in [5, 5.41) is 3.26. The minimum atomic E-state index is -0.749. The van der Waals surface area contributed by atoms with Crippen LogP contribution in [0.5, 0.6) is 0 Å². The summed E-state index contributed by atoms with van der Waals surface area (Å²) >= 11 is 6.38. The van der Waals surface area contributed by atoms with Gasteiger partial charge in [0.25, 0.3) is 5.24 Å². The lowest BCUT2D eigenvalue weighted by molar-refractivity contribution is -0.106. The van der Waals surface area contributed by atoms with Crippen LogP contribution in [0.2, 0.25) is 0 Å². The molecule has 1 aliphatic carbocycles. The van der Waals surface area contributed by atoms with Gasteiger partial charge < -0.3 is 10.6 Å². The van der Waals surface area contributed by atoms with Crippen molar-refractivity contribution in [1.82, 2.24) is 9.36 Å². The fraction of sp³-hybridized carbons (Fsp3) is 0.556. The molecule has 0 radical (unpaired) electrons. The molecule has 8 heteroatoms. The summed E-state index contributed by atoms with van der Waals surface area (Å²) in [5.74, 6) is 0.116. The highest BCUT2D eigenvalue weighted by Gasteiger charge is 2.21. The summed E-state index contributed by atoms with van der Waals surface area (Å²) < 4.78 is 3.87. The summed E-state index contributed by atoms with van der Waals surface area (Å²) in [7, 11) is 0. The number of oxime groups is 1. The second-order valence-corrected chi connectivity index (χ2v) is 4.81. The van der Waals surface area contributed by atoms with Crippen LogP contribution in [0, 0.1) is 0 Å². The minimum Gasteiger partial charge on any atom is -0.392 e. The molecular formula is C9H11ClN4O2S. The van der Waals surface area contributed by atoms with Crippen LogP contribution in [-0.4, -0.2) is 26.4 Å². The molecule has 1 heterocycles. The first-order valence-corrected chi connectivity index (χ1v) is 6.35. The molecule has 0 unspecified atom stereocenters. The first kappa shape index (κ1) is 12.3. The van der Waals surface area contributed by atoms with Crippen molar-refractivity contribution in [2.75, 3.05) is 5.73 Å². The highest BCUT2D eigenvalue weighted by atomic mass is 35.5. The summed E-state index contributed by atoms with van der Waals surface area (Å²) in [5.41, 5.74) is 5.34. The third-order valence-corrected chi connectivity index (χ3v) is 3.16. The molecule has 1 aromatic rings. The fourth-order valence-electron chi connectivity index (χ4n) is 1.62. The van der Waals surface area contributed by atoms with Crippen molar-refractivity contribution in [3.63, 3.8) is 0 Å². The maximum atomic E-state index is 11.2. The fourth-order valence-corrected chi connectivity index (χ4v) is 2.17. The normalized spacial score (nSPS) is 17.4. The number of anilines is 1. The maximum absolute atomic E-state index is 11.2. The summed E-state index contributed by atoms with van der Waals surface area (Å²) in [6.45, 7) is 0. The van der Waals surface area contributed by atoms with Gasteiger partial charge in [-0.2, -0.15) is 9.36 Å². The Morgan fingerprint density at radius 2 is 2.24 bits per heavy atom. The molecular weight excluding hydrogens is 264 g/mol. The van der Waals surface area contributed by atoms with Gasteiger partial charge in [0.1, 0.15) is 6.10 Å². The van der Waals surface area contributed by atoms with E-state index in [0.717, 1.165) is 37.2 Å². The lowest BCUT2D eigenvalue weighted by Crippen LogP contribution is -2.14. The Morgan fingerprint density at radius 3 is 2.76 bits per heavy atom. The number of nitrogen functional groups attached to an aromatic ring is 1. The van der Waals surface area contributed by atoms with Gasteiger partial charge in [0.15, 0.2) is 5.13 Å². The number of halogens is 1. The molecule has 17 heavy (non-hydrogen) atoms. The van der Waals surface area contributed by atoms with Crippen LogP contribution in [0.25, 0.3) is 0 Å². The lowest BCUT2D eigenvalue weighted by Gasteiger charge is -2.06. The first-order chi connectivity index (χ1) is 8.16. The summed E-state index contributed by atoms with van der Waals surface area (Å²) in [6, 6.07) is 0. The molecule has 92 valence electrons. The van der Waals surface area contributed by atoms with E-state index in [1.165, 1.54) is 0 Å². The third kappa shape index (κ3) is 3.13. The van der Waals surface area contributed by atoms with E-state index in [1.54, 1.807) is 0 Å². The molecule has 1 saturated carbocycles. The van der Waals surface area contributed by atoms with Crippen molar-refractivity contribution in [2.24, 2.45) is 5.16 Å². The molecule has 2 rings (SSSR count). The number of aromatic nitrogens is 2. The van der Waals surface area contributed by atoms with Gasteiger partial charge in [-0.25, -0.2) is 0 Å². The van der Waals surface area contributed by atoms with Crippen molar-refractivity contribution in [1.29, 1.82) is 0 Å². The van der Waals surface area contributed by atoms with Crippen LogP contribution in [0.1, 0.15) is 31.5 Å². The largest absolute Gasteiger partial charge is 0.392 e. The summed E-state index contributed by atoms with van der Waals surface area (Å²) in [4.78, 5) is 20.3. The molecule has 0 aromatic carbocycles. The van der Waals surface area contributed by atoms with Gasteiger partial charge in [-0.15, -0.1) is 0 Å². The standard InChI is InChI=1S/C9H11ClN4O2S/c10-7(15)6(8-12-9(11)17-14-8)13-16-5-3-1-2-4-5/h5H,1-4H2,(H2,11,12,14)/b13-6+. The Bertz CT molecular complexity index is 442. The molecule has 1 fully saturated rings. The number of hydrogen-bond acceptors (Lipinski definition) is 7. The molecule has 2 N–H and O–H groups in total. The van der Waals surface area contributed by atoms with Crippen LogP contribution < -0.4 is 5.73 Å². The molecule has 0 spiro atoms. The van der Waals surface area contributed by atoms with E-state index in [1.807, 2.05) is 0 Å². The summed E-state index contributed by atoms with van der Waals surface area (Å²) in [6.07, 6.45) is 4.18. The van der Waals surface area contributed by atoms with Crippen LogP contribution in [0.15, 0.2) is 5.16 Å². The Labute approximate surface area is 107 Å². The van der Waals surface area contributed by atoms with Gasteiger partial charge in [-0.1, -0.05) is 5.16 Å². The third-order valence-electron chi connectivity index (χ3n) is 2.43. The van der Waals surface area contributed by atoms with Crippen LogP contribution in [0.3, 0.4) is 0 Å². The van der Waals surface area contributed by atoms with Gasteiger partial charge in [-0.05, 0) is 37.3 Å². The zero-order valence-corrected chi connectivity index (χ0v) is 10.5. The molecule has 0 aliphatic heterocycles. The van der Waals surface area contributed by atoms with E-state index in [4.69, 9.17) is 22.2 Å². The van der Waals surface area contributed by atoms with E-state index in [-0.39, 0.29) is 22.8 Å². The van der Waals surface area contributed by atoms with Gasteiger partial charge in [-0.3, -0.25) is 4.79 Å². The van der Waals surface area contributed by atoms with Crippen LogP contribution in [-0.2, 0) is 9.63 Å². The van der Waals surface area contributed by atoms with Gasteiger partial charge >= 0.3 is 0 Å². The molecule has 6 nitrogen and oxygen atoms in total. The highest BCUT2D eigenvalue weighted by Crippen LogP contribution is 2.21. The smallest absolute Gasteiger partial charge is 0.278 e. The SMILES string of the molecule is Nc1nc(/C(=N/OC2CCCC2)C(=O)Cl)ns1. The quantitative estimate of drug-likeness (QED) is 0.511. The minimum absolute atomic E-state index is 0.0528. The van der Waals surface area contributed by atoms with Gasteiger partial charge in [0, 0.05) is 11.5 Å². The number of rotatable bonds is 4. The Kier molecular flexibility index (Phi) is 3.90. The van der Waals surface area contributed by atoms with E-state index in [0.29, 0.717) is 0 Å². The Morgan fingerprint density at radius 1 is 1.53 bits per heavy atom. The second kappa shape index (κ2) is 5.42. The van der Waals surface area contributed by atoms with Crippen molar-refractivity contribution >= 4 is 39.2 Å². The van der Waals surface area contributed by atoms with Crippen molar-refractivity contribution in [3.05, 3.63) is 5.82 Å². The average molecular weight is 275 g/mol. The number of nitrogens with two attached hydrogens (primary N) is 1. The van der Waals surface area contributed by atoms with Crippen molar-refractivity contribution < 1.29 is 9.63 Å². The molecule has 1 aromatic heterocycles. The highest BCUT2D eigenvalue weighted by molar-refractivity contribution is 7.09. The zero-order chi connectivity index (χ0) is 12.3. The van der Waals surface area contributed by atoms with Crippen molar-refractivity contribution in [3.8, 4) is 0 Å². The van der Waals surface area contributed by atoms with Crippen LogP contribution in [0.4, 0.5) is 5.13 Å². The number of carbonyl (C=O) groups is 1. The molecule has 1 aliphatic rings. The predicted octanol–water partition coefficient (Wildman–Crippen LogP) is 1.55. The van der Waals surface area contributed by atoms with E-state index < -0.39 is 5.24 Å². The molecule has 0 saturated heterocycles. The number of hydrogen-bond donors (Lipinski definition) is 1. The Balaban J connectivity index is 2.11. The number of nitrogens with zero attached hydrogens (tertiary/aromatic N) is 3. The monoisotopic (exact) mass is 274 g/mol. The van der Waals surface area contributed by atoms with Crippen LogP contribution >= 0.6 is 23.1 Å². The lowest BCUT2D eigenvalue weighted by atomic mass is 10.3. The topological polar surface area (TPSA) is 90.5 Å². The predicted molar refractivity (Wildman–Crippen MR) is 65.1 cm³/mol. The maximum Gasteiger partial charge on any atom is 0.278 e. The zero-order valence-electron chi connectivity index (χ0n) is 8.93. The van der Waals surface area contributed by atoms with E-state index in [9.17, 15) is 4.79 Å². The number of carbonyl (C=O) groups excluding carboxylic acids is 1. The van der Waals surface area contributed by atoms with E-state index in [2.05, 4.69) is 14.5 Å². The molecule has 0 amide bonds. The van der Waals surface area contributed by atoms with Gasteiger partial charge in [0.05, 0.1) is 0 Å². The molecule has 0 bridgehead atoms. The van der Waals surface area contributed by atoms with Crippen molar-refractivity contribution in [2.45, 2.75) is 31.8 Å². The average Bonchev–Trinajstić information content (AvgIpc) is 2.90. The van der Waals surface area contributed by atoms with E-state index >= 15 is 0 Å². The molecule has 0 atom stereocenters.